The molecule has 0 radical (unpaired) electrons. The number of carbonyl (C=O) groups excluding carboxylic acids is 2. The minimum Gasteiger partial charge on any atom is -0.472 e. The first-order valence-electron chi connectivity index (χ1n) is 9.61. The molecule has 6 nitrogen and oxygen atoms in total. The van der Waals surface area contributed by atoms with E-state index in [9.17, 15) is 9.59 Å². The molecular weight excluding hydrogens is 402 g/mol. The van der Waals surface area contributed by atoms with Crippen LogP contribution in [-0.4, -0.2) is 29.9 Å². The molecule has 4 rings (SSSR count). The zero-order valence-corrected chi connectivity index (χ0v) is 16.9. The Morgan fingerprint density at radius 2 is 1.83 bits per heavy atom. The van der Waals surface area contributed by atoms with Crippen molar-refractivity contribution >= 4 is 29.2 Å². The van der Waals surface area contributed by atoms with E-state index in [1.165, 1.54) is 4.90 Å². The molecule has 2 amide bonds. The Morgan fingerprint density at radius 1 is 1.07 bits per heavy atom. The molecule has 0 aliphatic carbocycles. The first kappa shape index (κ1) is 19.9. The molecule has 0 saturated carbocycles. The van der Waals surface area contributed by atoms with Gasteiger partial charge in [0.05, 0.1) is 0 Å². The number of carbonyl (C=O) groups is 2. The number of hydrogen-bond acceptors (Lipinski definition) is 4. The van der Waals surface area contributed by atoms with Crippen LogP contribution in [0.3, 0.4) is 0 Å². The largest absolute Gasteiger partial charge is 0.472 e. The summed E-state index contributed by atoms with van der Waals surface area (Å²) >= 11 is 5.89. The molecule has 1 aromatic heterocycles. The smallest absolute Gasteiger partial charge is 0.274 e. The summed E-state index contributed by atoms with van der Waals surface area (Å²) in [5.74, 6) is 0.241. The van der Waals surface area contributed by atoms with E-state index in [1.54, 1.807) is 18.3 Å². The van der Waals surface area contributed by atoms with Crippen LogP contribution in [0.15, 0.2) is 72.9 Å². The number of anilines is 1. The van der Waals surface area contributed by atoms with Crippen molar-refractivity contribution in [3.05, 3.63) is 89.1 Å². The van der Waals surface area contributed by atoms with Crippen LogP contribution in [0.1, 0.15) is 17.2 Å². The minimum atomic E-state index is -0.815. The minimum absolute atomic E-state index is 0.129. The van der Waals surface area contributed by atoms with Gasteiger partial charge in [0.2, 0.25) is 12.0 Å². The molecule has 0 fully saturated rings. The number of pyridine rings is 1. The molecular formula is C23H20ClN3O3. The monoisotopic (exact) mass is 421 g/mol. The summed E-state index contributed by atoms with van der Waals surface area (Å²) in [7, 11) is 0. The molecule has 1 aliphatic rings. The van der Waals surface area contributed by atoms with Gasteiger partial charge < -0.3 is 10.1 Å². The quantitative estimate of drug-likeness (QED) is 0.660. The summed E-state index contributed by atoms with van der Waals surface area (Å²) in [4.78, 5) is 31.3. The molecule has 0 bridgehead atoms. The number of amides is 2. The van der Waals surface area contributed by atoms with E-state index >= 15 is 0 Å². The maximum atomic E-state index is 13.1. The van der Waals surface area contributed by atoms with Gasteiger partial charge in [0.25, 0.3) is 5.91 Å². The third-order valence-corrected chi connectivity index (χ3v) is 5.05. The van der Waals surface area contributed by atoms with Gasteiger partial charge in [0, 0.05) is 23.3 Å². The Morgan fingerprint density at radius 3 is 2.60 bits per heavy atom. The van der Waals surface area contributed by atoms with Crippen LogP contribution in [-0.2, 0) is 16.0 Å². The standard InChI is InChI=1S/C23H20ClN3O3/c24-18-10-8-16(9-11-18)12-14-25-20(28)15-27-22-19(7-4-13-26-22)30-21(23(27)29)17-5-2-1-3-6-17/h1-11,13,21H,12,14-15H2,(H,25,28)/t21-/m0/s1. The third-order valence-electron chi connectivity index (χ3n) is 4.79. The van der Waals surface area contributed by atoms with E-state index < -0.39 is 6.10 Å². The average molecular weight is 422 g/mol. The highest BCUT2D eigenvalue weighted by Gasteiger charge is 2.37. The van der Waals surface area contributed by atoms with Gasteiger partial charge in [-0.2, -0.15) is 0 Å². The molecule has 1 aliphatic heterocycles. The SMILES string of the molecule is O=C(CN1C(=O)[C@H](c2ccccc2)Oc2cccnc21)NCCc1ccc(Cl)cc1. The number of ether oxygens (including phenoxy) is 1. The van der Waals surface area contributed by atoms with Crippen molar-refractivity contribution in [2.75, 3.05) is 18.0 Å². The molecule has 1 N–H and O–H groups in total. The van der Waals surface area contributed by atoms with Crippen LogP contribution >= 0.6 is 11.6 Å². The van der Waals surface area contributed by atoms with Crippen LogP contribution in [0.5, 0.6) is 5.75 Å². The second-order valence-electron chi connectivity index (χ2n) is 6.88. The van der Waals surface area contributed by atoms with Crippen LogP contribution in [0.4, 0.5) is 5.82 Å². The Labute approximate surface area is 179 Å². The Bertz CT molecular complexity index is 1040. The van der Waals surface area contributed by atoms with Gasteiger partial charge in [-0.1, -0.05) is 54.1 Å². The van der Waals surface area contributed by atoms with Gasteiger partial charge in [-0.05, 0) is 36.2 Å². The van der Waals surface area contributed by atoms with Gasteiger partial charge in [0.1, 0.15) is 6.54 Å². The van der Waals surface area contributed by atoms with Crippen LogP contribution < -0.4 is 15.0 Å². The molecule has 1 atom stereocenters. The summed E-state index contributed by atoms with van der Waals surface area (Å²) in [5, 5.41) is 3.54. The molecule has 30 heavy (non-hydrogen) atoms. The lowest BCUT2D eigenvalue weighted by Crippen LogP contribution is -2.47. The number of hydrogen-bond donors (Lipinski definition) is 1. The van der Waals surface area contributed by atoms with Gasteiger partial charge in [-0.15, -0.1) is 0 Å². The first-order chi connectivity index (χ1) is 14.6. The van der Waals surface area contributed by atoms with Crippen molar-refractivity contribution < 1.29 is 14.3 Å². The molecule has 2 aromatic carbocycles. The number of nitrogens with zero attached hydrogens (tertiary/aromatic N) is 2. The van der Waals surface area contributed by atoms with E-state index in [0.29, 0.717) is 29.6 Å². The molecule has 152 valence electrons. The molecule has 3 aromatic rings. The summed E-state index contributed by atoms with van der Waals surface area (Å²) in [5.41, 5.74) is 1.79. The van der Waals surface area contributed by atoms with Crippen molar-refractivity contribution in [1.29, 1.82) is 0 Å². The molecule has 7 heteroatoms. The normalized spacial score (nSPS) is 15.3. The van der Waals surface area contributed by atoms with Crippen LogP contribution in [0, 0.1) is 0 Å². The maximum absolute atomic E-state index is 13.1. The molecule has 0 unspecified atom stereocenters. The Balaban J connectivity index is 1.45. The fourth-order valence-corrected chi connectivity index (χ4v) is 3.41. The van der Waals surface area contributed by atoms with E-state index in [1.807, 2.05) is 54.6 Å². The summed E-state index contributed by atoms with van der Waals surface area (Å²) in [6.07, 6.45) is 1.43. The van der Waals surface area contributed by atoms with Crippen LogP contribution in [0.2, 0.25) is 5.02 Å². The van der Waals surface area contributed by atoms with E-state index in [4.69, 9.17) is 16.3 Å². The topological polar surface area (TPSA) is 71.5 Å². The fourth-order valence-electron chi connectivity index (χ4n) is 3.29. The second kappa shape index (κ2) is 8.97. The molecule has 0 spiro atoms. The highest BCUT2D eigenvalue weighted by molar-refractivity contribution is 6.30. The Kier molecular flexibility index (Phi) is 5.95. The van der Waals surface area contributed by atoms with E-state index in [2.05, 4.69) is 10.3 Å². The summed E-state index contributed by atoms with van der Waals surface area (Å²) < 4.78 is 5.89. The highest BCUT2D eigenvalue weighted by atomic mass is 35.5. The lowest BCUT2D eigenvalue weighted by Gasteiger charge is -2.33. The van der Waals surface area contributed by atoms with E-state index in [-0.39, 0.29) is 18.4 Å². The third kappa shape index (κ3) is 4.44. The van der Waals surface area contributed by atoms with Crippen molar-refractivity contribution in [1.82, 2.24) is 10.3 Å². The predicted octanol–water partition coefficient (Wildman–Crippen LogP) is 3.56. The van der Waals surface area contributed by atoms with Gasteiger partial charge in [0.15, 0.2) is 11.6 Å². The summed E-state index contributed by atoms with van der Waals surface area (Å²) in [6, 6.07) is 20.2. The summed E-state index contributed by atoms with van der Waals surface area (Å²) in [6.45, 7) is 0.326. The average Bonchev–Trinajstić information content (AvgIpc) is 2.77. The number of benzene rings is 2. The van der Waals surface area contributed by atoms with Crippen molar-refractivity contribution in [2.45, 2.75) is 12.5 Å². The van der Waals surface area contributed by atoms with Crippen molar-refractivity contribution in [2.24, 2.45) is 0 Å². The number of aromatic nitrogens is 1. The van der Waals surface area contributed by atoms with Gasteiger partial charge in [-0.25, -0.2) is 4.98 Å². The number of halogens is 1. The predicted molar refractivity (Wildman–Crippen MR) is 115 cm³/mol. The van der Waals surface area contributed by atoms with Crippen LogP contribution in [0.25, 0.3) is 0 Å². The zero-order valence-electron chi connectivity index (χ0n) is 16.1. The highest BCUT2D eigenvalue weighted by Crippen LogP contribution is 2.36. The first-order valence-corrected chi connectivity index (χ1v) is 9.99. The van der Waals surface area contributed by atoms with Crippen molar-refractivity contribution in [3.63, 3.8) is 0 Å². The van der Waals surface area contributed by atoms with Gasteiger partial charge in [-0.3, -0.25) is 14.5 Å². The maximum Gasteiger partial charge on any atom is 0.274 e. The lowest BCUT2D eigenvalue weighted by atomic mass is 10.1. The fraction of sp³-hybridized carbons (Fsp3) is 0.174. The number of nitrogens with one attached hydrogen (secondary N) is 1. The Hall–Kier alpha value is -3.38. The molecule has 0 saturated heterocycles. The number of rotatable bonds is 6. The lowest BCUT2D eigenvalue weighted by molar-refractivity contribution is -0.129. The molecule has 2 heterocycles. The number of fused-ring (bicyclic) bond motifs is 1. The van der Waals surface area contributed by atoms with E-state index in [0.717, 1.165) is 11.1 Å². The van der Waals surface area contributed by atoms with Gasteiger partial charge >= 0.3 is 0 Å². The second-order valence-corrected chi connectivity index (χ2v) is 7.32. The van der Waals surface area contributed by atoms with Crippen molar-refractivity contribution in [3.8, 4) is 5.75 Å². The zero-order chi connectivity index (χ0) is 20.9.